The van der Waals surface area contributed by atoms with E-state index in [1.165, 1.54) is 22.8 Å². The van der Waals surface area contributed by atoms with Gasteiger partial charge in [0.15, 0.2) is 0 Å². The van der Waals surface area contributed by atoms with Gasteiger partial charge in [0.1, 0.15) is 5.82 Å². The lowest BCUT2D eigenvalue weighted by molar-refractivity contribution is 0.630. The fraction of sp³-hybridized carbons (Fsp3) is 0.200. The van der Waals surface area contributed by atoms with Gasteiger partial charge in [-0.05, 0) is 48.7 Å². The Morgan fingerprint density at radius 1 is 1.17 bits per heavy atom. The first-order valence-electron chi connectivity index (χ1n) is 5.82. The van der Waals surface area contributed by atoms with Crippen LogP contribution in [0.1, 0.15) is 16.7 Å². The van der Waals surface area contributed by atoms with Gasteiger partial charge in [-0.2, -0.15) is 0 Å². The summed E-state index contributed by atoms with van der Waals surface area (Å²) >= 11 is 3.34. The van der Waals surface area contributed by atoms with Gasteiger partial charge in [0.05, 0.1) is 5.69 Å². The summed E-state index contributed by atoms with van der Waals surface area (Å²) in [5.74, 6) is -0.233. The Bertz CT molecular complexity index is 564. The molecule has 0 atom stereocenters. The normalized spacial score (nSPS) is 10.4. The third-order valence-corrected chi connectivity index (χ3v) is 3.61. The molecule has 2 aromatic rings. The van der Waals surface area contributed by atoms with Crippen molar-refractivity contribution >= 4 is 21.6 Å². The van der Waals surface area contributed by atoms with Crippen LogP contribution < -0.4 is 5.32 Å². The molecule has 1 N–H and O–H groups in total. The average molecular weight is 308 g/mol. The van der Waals surface area contributed by atoms with E-state index in [1.807, 2.05) is 6.07 Å². The van der Waals surface area contributed by atoms with Gasteiger partial charge in [0.25, 0.3) is 0 Å². The van der Waals surface area contributed by atoms with Crippen molar-refractivity contribution in [3.63, 3.8) is 0 Å². The molecular formula is C15H15BrFN. The summed E-state index contributed by atoms with van der Waals surface area (Å²) in [5.41, 5.74) is 4.21. The lowest BCUT2D eigenvalue weighted by Crippen LogP contribution is -2.03. The fourth-order valence-electron chi connectivity index (χ4n) is 1.83. The second-order valence-electron chi connectivity index (χ2n) is 4.34. The van der Waals surface area contributed by atoms with Crippen molar-refractivity contribution in [2.45, 2.75) is 20.4 Å². The van der Waals surface area contributed by atoms with E-state index >= 15 is 0 Å². The highest BCUT2D eigenvalue weighted by Crippen LogP contribution is 2.21. The molecule has 0 aliphatic heterocycles. The Balaban J connectivity index is 2.16. The summed E-state index contributed by atoms with van der Waals surface area (Å²) in [7, 11) is 0. The molecule has 3 heteroatoms. The molecule has 94 valence electrons. The van der Waals surface area contributed by atoms with Gasteiger partial charge in [-0.25, -0.2) is 4.39 Å². The van der Waals surface area contributed by atoms with Crippen LogP contribution in [0.15, 0.2) is 40.9 Å². The van der Waals surface area contributed by atoms with Gasteiger partial charge in [-0.3, -0.25) is 0 Å². The van der Waals surface area contributed by atoms with Crippen LogP contribution in [0.5, 0.6) is 0 Å². The van der Waals surface area contributed by atoms with Gasteiger partial charge >= 0.3 is 0 Å². The standard InChI is InChI=1S/C15H15BrFN/c1-10-4-3-5-12(11(10)2)9-18-15-8-13(16)6-7-14(15)17/h3-8,18H,9H2,1-2H3. The maximum absolute atomic E-state index is 13.6. The highest BCUT2D eigenvalue weighted by Gasteiger charge is 2.04. The molecule has 0 saturated heterocycles. The quantitative estimate of drug-likeness (QED) is 0.857. The molecule has 0 heterocycles. The maximum Gasteiger partial charge on any atom is 0.146 e. The van der Waals surface area contributed by atoms with Crippen molar-refractivity contribution < 1.29 is 4.39 Å². The van der Waals surface area contributed by atoms with Crippen molar-refractivity contribution in [1.82, 2.24) is 0 Å². The summed E-state index contributed by atoms with van der Waals surface area (Å²) in [6, 6.07) is 11.1. The second kappa shape index (κ2) is 5.53. The molecule has 0 aliphatic carbocycles. The highest BCUT2D eigenvalue weighted by atomic mass is 79.9. The van der Waals surface area contributed by atoms with E-state index in [-0.39, 0.29) is 5.82 Å². The van der Waals surface area contributed by atoms with Crippen LogP contribution in [0.3, 0.4) is 0 Å². The summed E-state index contributed by atoms with van der Waals surface area (Å²) in [5, 5.41) is 3.13. The first-order valence-corrected chi connectivity index (χ1v) is 6.61. The minimum absolute atomic E-state index is 0.233. The number of halogens is 2. The zero-order chi connectivity index (χ0) is 13.1. The third-order valence-electron chi connectivity index (χ3n) is 3.11. The predicted molar refractivity (Wildman–Crippen MR) is 77.3 cm³/mol. The summed E-state index contributed by atoms with van der Waals surface area (Å²) < 4.78 is 14.4. The zero-order valence-electron chi connectivity index (χ0n) is 10.4. The predicted octanol–water partition coefficient (Wildman–Crippen LogP) is 4.82. The van der Waals surface area contributed by atoms with Crippen LogP contribution in [-0.4, -0.2) is 0 Å². The Hall–Kier alpha value is -1.35. The van der Waals surface area contributed by atoms with E-state index in [2.05, 4.69) is 47.2 Å². The highest BCUT2D eigenvalue weighted by molar-refractivity contribution is 9.10. The van der Waals surface area contributed by atoms with Gasteiger partial charge < -0.3 is 5.32 Å². The monoisotopic (exact) mass is 307 g/mol. The zero-order valence-corrected chi connectivity index (χ0v) is 12.0. The summed E-state index contributed by atoms with van der Waals surface area (Å²) in [4.78, 5) is 0. The molecule has 0 bridgehead atoms. The van der Waals surface area contributed by atoms with E-state index in [0.29, 0.717) is 12.2 Å². The van der Waals surface area contributed by atoms with E-state index in [9.17, 15) is 4.39 Å². The van der Waals surface area contributed by atoms with Crippen LogP contribution in [0, 0.1) is 19.7 Å². The lowest BCUT2D eigenvalue weighted by atomic mass is 10.0. The lowest BCUT2D eigenvalue weighted by Gasteiger charge is -2.11. The number of hydrogen-bond donors (Lipinski definition) is 1. The van der Waals surface area contributed by atoms with Crippen LogP contribution in [0.2, 0.25) is 0 Å². The number of benzene rings is 2. The fourth-order valence-corrected chi connectivity index (χ4v) is 2.19. The molecule has 0 aromatic heterocycles. The number of aryl methyl sites for hydroxylation is 1. The molecule has 0 unspecified atom stereocenters. The van der Waals surface area contributed by atoms with Crippen LogP contribution in [-0.2, 0) is 6.54 Å². The van der Waals surface area contributed by atoms with Crippen molar-refractivity contribution in [2.75, 3.05) is 5.32 Å². The van der Waals surface area contributed by atoms with Gasteiger partial charge in [-0.15, -0.1) is 0 Å². The van der Waals surface area contributed by atoms with E-state index in [4.69, 9.17) is 0 Å². The minimum atomic E-state index is -0.233. The Kier molecular flexibility index (Phi) is 4.02. The van der Waals surface area contributed by atoms with Crippen LogP contribution in [0.25, 0.3) is 0 Å². The molecule has 0 amide bonds. The van der Waals surface area contributed by atoms with Crippen molar-refractivity contribution in [1.29, 1.82) is 0 Å². The smallest absolute Gasteiger partial charge is 0.146 e. The van der Waals surface area contributed by atoms with Gasteiger partial charge in [0, 0.05) is 11.0 Å². The van der Waals surface area contributed by atoms with Gasteiger partial charge in [0.2, 0.25) is 0 Å². The number of hydrogen-bond acceptors (Lipinski definition) is 1. The second-order valence-corrected chi connectivity index (χ2v) is 5.25. The summed E-state index contributed by atoms with van der Waals surface area (Å²) in [6.07, 6.45) is 0. The number of anilines is 1. The molecule has 0 saturated carbocycles. The molecule has 0 fully saturated rings. The molecule has 0 aliphatic rings. The maximum atomic E-state index is 13.6. The Morgan fingerprint density at radius 3 is 2.72 bits per heavy atom. The molecule has 2 aromatic carbocycles. The number of rotatable bonds is 3. The molecular weight excluding hydrogens is 293 g/mol. The SMILES string of the molecule is Cc1cccc(CNc2cc(Br)ccc2F)c1C. The van der Waals surface area contributed by atoms with E-state index in [1.54, 1.807) is 12.1 Å². The Morgan fingerprint density at radius 2 is 1.94 bits per heavy atom. The number of nitrogens with one attached hydrogen (secondary N) is 1. The summed E-state index contributed by atoms with van der Waals surface area (Å²) in [6.45, 7) is 4.79. The van der Waals surface area contributed by atoms with E-state index < -0.39 is 0 Å². The molecule has 2 rings (SSSR count). The van der Waals surface area contributed by atoms with Crippen LogP contribution in [0.4, 0.5) is 10.1 Å². The van der Waals surface area contributed by atoms with Crippen LogP contribution >= 0.6 is 15.9 Å². The molecule has 0 spiro atoms. The van der Waals surface area contributed by atoms with Crippen molar-refractivity contribution in [3.05, 3.63) is 63.4 Å². The molecule has 18 heavy (non-hydrogen) atoms. The van der Waals surface area contributed by atoms with Crippen molar-refractivity contribution in [2.24, 2.45) is 0 Å². The Labute approximate surface area is 115 Å². The first-order chi connectivity index (χ1) is 8.58. The minimum Gasteiger partial charge on any atom is -0.379 e. The van der Waals surface area contributed by atoms with E-state index in [0.717, 1.165) is 4.47 Å². The van der Waals surface area contributed by atoms with Gasteiger partial charge in [-0.1, -0.05) is 34.1 Å². The third kappa shape index (κ3) is 2.91. The largest absolute Gasteiger partial charge is 0.379 e. The van der Waals surface area contributed by atoms with Crippen molar-refractivity contribution in [3.8, 4) is 0 Å². The topological polar surface area (TPSA) is 12.0 Å². The molecule has 1 nitrogen and oxygen atoms in total. The molecule has 0 radical (unpaired) electrons. The average Bonchev–Trinajstić information content (AvgIpc) is 2.35. The first kappa shape index (κ1) is 13.1.